The lowest BCUT2D eigenvalue weighted by Gasteiger charge is -2.12. The standard InChI is InChI=1S/C14H18N6O/c1-10-4-7-20(19-10)9-14(21)16-13-8-12(17-18-13)11-2-5-15-6-3-11/h2-7,12-13,17-18H,8-9H2,1H3,(H,16,21). The molecule has 7 heteroatoms. The lowest BCUT2D eigenvalue weighted by Crippen LogP contribution is -2.45. The molecule has 0 spiro atoms. The molecule has 3 heterocycles. The average Bonchev–Trinajstić information content (AvgIpc) is 3.09. The zero-order valence-corrected chi connectivity index (χ0v) is 11.8. The number of carbonyl (C=O) groups excluding carboxylic acids is 1. The van der Waals surface area contributed by atoms with Crippen molar-refractivity contribution in [3.05, 3.63) is 48.0 Å². The maximum absolute atomic E-state index is 12.0. The first-order chi connectivity index (χ1) is 10.2. The number of hydrazine groups is 1. The molecule has 1 fully saturated rings. The molecule has 3 rings (SSSR count). The van der Waals surface area contributed by atoms with Crippen LogP contribution in [0, 0.1) is 6.92 Å². The molecule has 21 heavy (non-hydrogen) atoms. The molecule has 1 saturated heterocycles. The summed E-state index contributed by atoms with van der Waals surface area (Å²) in [6, 6.07) is 5.99. The van der Waals surface area contributed by atoms with Gasteiger partial charge in [-0.05, 0) is 30.7 Å². The third-order valence-electron chi connectivity index (χ3n) is 3.43. The summed E-state index contributed by atoms with van der Waals surface area (Å²) in [7, 11) is 0. The number of nitrogens with zero attached hydrogens (tertiary/aromatic N) is 3. The molecule has 1 aliphatic rings. The van der Waals surface area contributed by atoms with Crippen molar-refractivity contribution >= 4 is 5.91 Å². The molecule has 2 aromatic heterocycles. The van der Waals surface area contributed by atoms with E-state index in [0.717, 1.165) is 17.7 Å². The highest BCUT2D eigenvalue weighted by Crippen LogP contribution is 2.20. The molecule has 0 aliphatic carbocycles. The van der Waals surface area contributed by atoms with E-state index in [-0.39, 0.29) is 24.7 Å². The van der Waals surface area contributed by atoms with Crippen molar-refractivity contribution in [3.8, 4) is 0 Å². The van der Waals surface area contributed by atoms with Crippen molar-refractivity contribution in [1.29, 1.82) is 0 Å². The third-order valence-corrected chi connectivity index (χ3v) is 3.43. The van der Waals surface area contributed by atoms with E-state index in [4.69, 9.17) is 0 Å². The van der Waals surface area contributed by atoms with Crippen molar-refractivity contribution in [2.24, 2.45) is 0 Å². The van der Waals surface area contributed by atoms with E-state index >= 15 is 0 Å². The van der Waals surface area contributed by atoms with Gasteiger partial charge in [0.25, 0.3) is 0 Å². The lowest BCUT2D eigenvalue weighted by atomic mass is 10.1. The van der Waals surface area contributed by atoms with Crippen LogP contribution >= 0.6 is 0 Å². The minimum absolute atomic E-state index is 0.0622. The second-order valence-electron chi connectivity index (χ2n) is 5.13. The molecule has 2 unspecified atom stereocenters. The Morgan fingerprint density at radius 2 is 2.19 bits per heavy atom. The predicted molar refractivity (Wildman–Crippen MR) is 76.8 cm³/mol. The molecule has 3 N–H and O–H groups in total. The van der Waals surface area contributed by atoms with Crippen LogP contribution in [-0.4, -0.2) is 26.8 Å². The topological polar surface area (TPSA) is 83.9 Å². The second-order valence-corrected chi connectivity index (χ2v) is 5.13. The Labute approximate surface area is 122 Å². The smallest absolute Gasteiger partial charge is 0.242 e. The summed E-state index contributed by atoms with van der Waals surface area (Å²) in [5.74, 6) is -0.0622. The summed E-state index contributed by atoms with van der Waals surface area (Å²) in [4.78, 5) is 16.0. The molecule has 1 aliphatic heterocycles. The maximum atomic E-state index is 12.0. The first-order valence-electron chi connectivity index (χ1n) is 6.91. The molecule has 2 aromatic rings. The van der Waals surface area contributed by atoms with Gasteiger partial charge < -0.3 is 5.32 Å². The van der Waals surface area contributed by atoms with Gasteiger partial charge in [0.05, 0.1) is 11.9 Å². The molecule has 1 amide bonds. The normalized spacial score (nSPS) is 21.4. The van der Waals surface area contributed by atoms with E-state index in [0.29, 0.717) is 0 Å². The fourth-order valence-corrected chi connectivity index (χ4v) is 2.40. The van der Waals surface area contributed by atoms with E-state index in [2.05, 4.69) is 26.3 Å². The van der Waals surface area contributed by atoms with Gasteiger partial charge in [0.2, 0.25) is 5.91 Å². The number of nitrogens with one attached hydrogen (secondary N) is 3. The average molecular weight is 286 g/mol. The summed E-state index contributed by atoms with van der Waals surface area (Å²) in [5, 5.41) is 7.15. The third kappa shape index (κ3) is 3.45. The Kier molecular flexibility index (Phi) is 3.94. The highest BCUT2D eigenvalue weighted by molar-refractivity contribution is 5.75. The van der Waals surface area contributed by atoms with Gasteiger partial charge >= 0.3 is 0 Å². The minimum Gasteiger partial charge on any atom is -0.338 e. The van der Waals surface area contributed by atoms with E-state index in [1.165, 1.54) is 0 Å². The van der Waals surface area contributed by atoms with Crippen LogP contribution in [0.25, 0.3) is 0 Å². The number of rotatable bonds is 4. The summed E-state index contributed by atoms with van der Waals surface area (Å²) < 4.78 is 1.63. The molecular formula is C14H18N6O. The number of hydrogen-bond acceptors (Lipinski definition) is 5. The summed E-state index contributed by atoms with van der Waals surface area (Å²) in [5.41, 5.74) is 8.33. The molecule has 0 aromatic carbocycles. The molecule has 0 saturated carbocycles. The van der Waals surface area contributed by atoms with Gasteiger partial charge in [0.15, 0.2) is 0 Å². The number of hydrogen-bond donors (Lipinski definition) is 3. The van der Waals surface area contributed by atoms with Gasteiger partial charge in [0, 0.05) is 31.1 Å². The van der Waals surface area contributed by atoms with Gasteiger partial charge in [-0.2, -0.15) is 5.10 Å². The van der Waals surface area contributed by atoms with Crippen LogP contribution in [0.4, 0.5) is 0 Å². The first kappa shape index (κ1) is 13.7. The highest BCUT2D eigenvalue weighted by Gasteiger charge is 2.25. The molecule has 0 bridgehead atoms. The number of aromatic nitrogens is 3. The Morgan fingerprint density at radius 1 is 1.38 bits per heavy atom. The van der Waals surface area contributed by atoms with E-state index in [1.54, 1.807) is 23.3 Å². The van der Waals surface area contributed by atoms with Gasteiger partial charge in [0.1, 0.15) is 6.54 Å². The molecule has 7 nitrogen and oxygen atoms in total. The van der Waals surface area contributed by atoms with E-state index in [1.807, 2.05) is 25.1 Å². The number of amides is 1. The SMILES string of the molecule is Cc1ccn(CC(=O)NC2CC(c3ccncc3)NN2)n1. The number of pyridine rings is 1. The number of aryl methyl sites for hydroxylation is 1. The van der Waals surface area contributed by atoms with Crippen LogP contribution in [0.5, 0.6) is 0 Å². The van der Waals surface area contributed by atoms with Gasteiger partial charge in [-0.25, -0.2) is 10.9 Å². The summed E-state index contributed by atoms with van der Waals surface area (Å²) >= 11 is 0. The van der Waals surface area contributed by atoms with Gasteiger partial charge in [-0.15, -0.1) is 0 Å². The largest absolute Gasteiger partial charge is 0.338 e. The maximum Gasteiger partial charge on any atom is 0.242 e. The zero-order chi connectivity index (χ0) is 14.7. The monoisotopic (exact) mass is 286 g/mol. The predicted octanol–water partition coefficient (Wildman–Crippen LogP) is 0.268. The van der Waals surface area contributed by atoms with Crippen LogP contribution in [-0.2, 0) is 11.3 Å². The Bertz CT molecular complexity index is 611. The Hall–Kier alpha value is -2.25. The van der Waals surface area contributed by atoms with Crippen LogP contribution in [0.3, 0.4) is 0 Å². The fraction of sp³-hybridized carbons (Fsp3) is 0.357. The molecule has 2 atom stereocenters. The molecular weight excluding hydrogens is 268 g/mol. The van der Waals surface area contributed by atoms with Crippen molar-refractivity contribution in [2.75, 3.05) is 0 Å². The Morgan fingerprint density at radius 3 is 2.90 bits per heavy atom. The number of carbonyl (C=O) groups is 1. The van der Waals surface area contributed by atoms with Crippen LogP contribution in [0.2, 0.25) is 0 Å². The second kappa shape index (κ2) is 6.02. The van der Waals surface area contributed by atoms with Crippen molar-refractivity contribution in [3.63, 3.8) is 0 Å². The first-order valence-corrected chi connectivity index (χ1v) is 6.91. The van der Waals surface area contributed by atoms with Gasteiger partial charge in [-0.1, -0.05) is 0 Å². The quantitative estimate of drug-likeness (QED) is 0.751. The van der Waals surface area contributed by atoms with E-state index in [9.17, 15) is 4.79 Å². The molecule has 110 valence electrons. The molecule has 0 radical (unpaired) electrons. The highest BCUT2D eigenvalue weighted by atomic mass is 16.2. The fourth-order valence-electron chi connectivity index (χ4n) is 2.40. The van der Waals surface area contributed by atoms with Crippen molar-refractivity contribution in [2.45, 2.75) is 32.1 Å². The van der Waals surface area contributed by atoms with Crippen molar-refractivity contribution in [1.82, 2.24) is 30.9 Å². The van der Waals surface area contributed by atoms with Crippen molar-refractivity contribution < 1.29 is 4.79 Å². The Balaban J connectivity index is 1.51. The van der Waals surface area contributed by atoms with Crippen LogP contribution in [0.15, 0.2) is 36.8 Å². The van der Waals surface area contributed by atoms with E-state index < -0.39 is 0 Å². The van der Waals surface area contributed by atoms with Crippen LogP contribution < -0.4 is 16.2 Å². The summed E-state index contributed by atoms with van der Waals surface area (Å²) in [6.45, 7) is 2.13. The van der Waals surface area contributed by atoms with Crippen LogP contribution in [0.1, 0.15) is 23.7 Å². The zero-order valence-electron chi connectivity index (χ0n) is 11.8. The van der Waals surface area contributed by atoms with Gasteiger partial charge in [-0.3, -0.25) is 14.5 Å². The minimum atomic E-state index is -0.0904. The summed E-state index contributed by atoms with van der Waals surface area (Å²) in [6.07, 6.45) is 6.03. The lowest BCUT2D eigenvalue weighted by molar-refractivity contribution is -0.122.